The summed E-state index contributed by atoms with van der Waals surface area (Å²) in [6.45, 7) is 3.60. The van der Waals surface area contributed by atoms with Crippen LogP contribution in [0.15, 0.2) is 55.1 Å². The maximum Gasteiger partial charge on any atom is 0.261 e. The number of benzene rings is 1. The Labute approximate surface area is 239 Å². The van der Waals surface area contributed by atoms with Crippen molar-refractivity contribution in [2.24, 2.45) is 23.6 Å². The number of imidazole rings is 1. The van der Waals surface area contributed by atoms with Crippen LogP contribution in [0.3, 0.4) is 0 Å². The molecule has 1 aromatic heterocycles. The molecule has 1 aromatic carbocycles. The summed E-state index contributed by atoms with van der Waals surface area (Å²) in [4.78, 5) is 42.7. The highest BCUT2D eigenvalue weighted by Crippen LogP contribution is 2.41. The molecule has 1 unspecified atom stereocenters. The second kappa shape index (κ2) is 15.5. The van der Waals surface area contributed by atoms with E-state index in [0.717, 1.165) is 6.26 Å². The minimum Gasteiger partial charge on any atom is -0.294 e. The predicted molar refractivity (Wildman–Crippen MR) is 151 cm³/mol. The van der Waals surface area contributed by atoms with E-state index in [9.17, 15) is 36.4 Å². The number of aromatic nitrogens is 2. The van der Waals surface area contributed by atoms with Crippen molar-refractivity contribution in [3.8, 4) is 0 Å². The average molecular weight is 616 g/mol. The van der Waals surface area contributed by atoms with Crippen LogP contribution in [0.4, 0.5) is 0 Å². The van der Waals surface area contributed by atoms with Crippen molar-refractivity contribution < 1.29 is 41.0 Å². The summed E-state index contributed by atoms with van der Waals surface area (Å²) >= 11 is 0. The van der Waals surface area contributed by atoms with E-state index >= 15 is 0 Å². The molecule has 228 valence electrons. The Morgan fingerprint density at radius 3 is 2.12 bits per heavy atom. The minimum absolute atomic E-state index is 0.0903. The summed E-state index contributed by atoms with van der Waals surface area (Å²) in [6.07, 6.45) is 8.06. The number of hydroxylamine groups is 1. The Balaban J connectivity index is 0.00000154. The van der Waals surface area contributed by atoms with Crippen molar-refractivity contribution in [3.63, 3.8) is 0 Å². The molecule has 16 heteroatoms. The van der Waals surface area contributed by atoms with Crippen molar-refractivity contribution in [1.82, 2.24) is 20.5 Å². The fourth-order valence-corrected chi connectivity index (χ4v) is 5.87. The van der Waals surface area contributed by atoms with Gasteiger partial charge in [0.25, 0.3) is 10.1 Å². The van der Waals surface area contributed by atoms with Crippen molar-refractivity contribution in [1.29, 1.82) is 0 Å². The van der Waals surface area contributed by atoms with Crippen LogP contribution in [-0.2, 0) is 29.5 Å². The third kappa shape index (κ3) is 11.2. The standard InChI is InChI=1S/C24H33N5O6S.CH4O3S/c1-17(2)15-19(22(31)27-25)21(23(32)28-33)24(36(3,34)35,11-9-18-7-5-4-6-8-18)12-10-20(30)29-14-13-26-16-29;1-5(2,3)4/h4-9,11,13-14,16-17,19,21,33H,10,12,15,25H2,1-3H3,(H,27,31)(H,28,32);1H3,(H,2,3,4)/t19-,21+,24?;/m1./s1. The molecule has 3 atom stereocenters. The van der Waals surface area contributed by atoms with E-state index in [-0.39, 0.29) is 25.2 Å². The molecule has 14 nitrogen and oxygen atoms in total. The van der Waals surface area contributed by atoms with Gasteiger partial charge in [0.15, 0.2) is 9.84 Å². The van der Waals surface area contributed by atoms with E-state index in [0.29, 0.717) is 11.8 Å². The van der Waals surface area contributed by atoms with Gasteiger partial charge in [-0.2, -0.15) is 8.42 Å². The fourth-order valence-electron chi connectivity index (χ4n) is 4.35. The average Bonchev–Trinajstić information content (AvgIpc) is 3.42. The first kappa shape index (κ1) is 35.6. The van der Waals surface area contributed by atoms with Gasteiger partial charge in [0.1, 0.15) is 11.1 Å². The van der Waals surface area contributed by atoms with Crippen LogP contribution in [0.1, 0.15) is 43.5 Å². The third-order valence-electron chi connectivity index (χ3n) is 6.10. The molecule has 2 rings (SSSR count). The molecular weight excluding hydrogens is 578 g/mol. The van der Waals surface area contributed by atoms with Crippen LogP contribution in [0, 0.1) is 17.8 Å². The van der Waals surface area contributed by atoms with Gasteiger partial charge in [-0.3, -0.25) is 34.1 Å². The van der Waals surface area contributed by atoms with Gasteiger partial charge in [0, 0.05) is 25.1 Å². The molecule has 41 heavy (non-hydrogen) atoms. The SMILES string of the molecule is CC(C)C[C@@H](C(=O)NN)[C@@H](C(=O)NO)C(C=Cc1ccccc1)(CCC(=O)n1ccnc1)S(C)(=O)=O.CS(=O)(=O)O. The molecule has 0 bridgehead atoms. The van der Waals surface area contributed by atoms with Crippen LogP contribution < -0.4 is 16.7 Å². The molecule has 2 amide bonds. The first-order valence-corrected chi connectivity index (χ1v) is 16.0. The van der Waals surface area contributed by atoms with Gasteiger partial charge in [-0.25, -0.2) is 24.7 Å². The van der Waals surface area contributed by atoms with Crippen LogP contribution in [-0.4, -0.2) is 71.1 Å². The molecule has 2 aromatic rings. The van der Waals surface area contributed by atoms with E-state index in [2.05, 4.69) is 4.98 Å². The molecule has 0 saturated heterocycles. The molecule has 0 aliphatic rings. The molecular formula is C25H37N5O9S2. The van der Waals surface area contributed by atoms with Crippen LogP contribution in [0.2, 0.25) is 0 Å². The maximum atomic E-state index is 13.5. The third-order valence-corrected chi connectivity index (χ3v) is 8.07. The Morgan fingerprint density at radius 1 is 1.10 bits per heavy atom. The van der Waals surface area contributed by atoms with E-state index in [4.69, 9.17) is 10.4 Å². The van der Waals surface area contributed by atoms with E-state index in [1.165, 1.54) is 40.9 Å². The quantitative estimate of drug-likeness (QED) is 0.0746. The zero-order valence-corrected chi connectivity index (χ0v) is 24.8. The summed E-state index contributed by atoms with van der Waals surface area (Å²) in [7, 11) is -7.86. The fraction of sp³-hybridized carbons (Fsp3) is 0.440. The number of nitrogens with two attached hydrogens (primary N) is 1. The maximum absolute atomic E-state index is 13.5. The summed E-state index contributed by atoms with van der Waals surface area (Å²) < 4.78 is 52.1. The number of sulfone groups is 1. The lowest BCUT2D eigenvalue weighted by Crippen LogP contribution is -2.57. The van der Waals surface area contributed by atoms with Crippen molar-refractivity contribution >= 4 is 43.8 Å². The Morgan fingerprint density at radius 2 is 1.68 bits per heavy atom. The number of carbonyl (C=O) groups excluding carboxylic acids is 3. The smallest absolute Gasteiger partial charge is 0.261 e. The second-order valence-corrected chi connectivity index (χ2v) is 13.5. The second-order valence-electron chi connectivity index (χ2n) is 9.77. The first-order chi connectivity index (χ1) is 19.0. The lowest BCUT2D eigenvalue weighted by molar-refractivity contribution is -0.142. The lowest BCUT2D eigenvalue weighted by Gasteiger charge is -2.39. The van der Waals surface area contributed by atoms with Gasteiger partial charge in [-0.15, -0.1) is 0 Å². The van der Waals surface area contributed by atoms with Crippen LogP contribution in [0.25, 0.3) is 6.08 Å². The molecule has 0 fully saturated rings. The van der Waals surface area contributed by atoms with Gasteiger partial charge >= 0.3 is 0 Å². The number of hydrogen-bond acceptors (Lipinski definition) is 10. The van der Waals surface area contributed by atoms with E-state index < -0.39 is 54.3 Å². The van der Waals surface area contributed by atoms with Gasteiger partial charge in [-0.05, 0) is 24.3 Å². The number of carbonyl (C=O) groups is 3. The van der Waals surface area contributed by atoms with Crippen molar-refractivity contribution in [3.05, 3.63) is 60.7 Å². The number of nitrogens with one attached hydrogen (secondary N) is 2. The van der Waals surface area contributed by atoms with Gasteiger partial charge in [0.2, 0.25) is 17.7 Å². The summed E-state index contributed by atoms with van der Waals surface area (Å²) in [6, 6.07) is 8.77. The summed E-state index contributed by atoms with van der Waals surface area (Å²) in [5.41, 5.74) is 4.18. The number of amides is 2. The Hall–Kier alpha value is -3.44. The summed E-state index contributed by atoms with van der Waals surface area (Å²) in [5, 5.41) is 9.62. The first-order valence-electron chi connectivity index (χ1n) is 12.3. The van der Waals surface area contributed by atoms with Gasteiger partial charge < -0.3 is 0 Å². The predicted octanol–water partition coefficient (Wildman–Crippen LogP) is 1.08. The molecule has 0 aliphatic carbocycles. The Kier molecular flexibility index (Phi) is 13.5. The highest BCUT2D eigenvalue weighted by Gasteiger charge is 2.54. The molecule has 0 aliphatic heterocycles. The zero-order chi connectivity index (χ0) is 31.4. The van der Waals surface area contributed by atoms with Crippen molar-refractivity contribution in [2.75, 3.05) is 12.5 Å². The topological polar surface area (TPSA) is 228 Å². The number of hydrazine groups is 1. The number of hydrogen-bond donors (Lipinski definition) is 5. The lowest BCUT2D eigenvalue weighted by atomic mass is 9.73. The minimum atomic E-state index is -4.19. The normalized spacial score (nSPS) is 14.8. The van der Waals surface area contributed by atoms with E-state index in [1.54, 1.807) is 44.2 Å². The van der Waals surface area contributed by atoms with Crippen LogP contribution in [0.5, 0.6) is 0 Å². The summed E-state index contributed by atoms with van der Waals surface area (Å²) in [5.74, 6) is 0.120. The van der Waals surface area contributed by atoms with Crippen LogP contribution >= 0.6 is 0 Å². The molecule has 0 saturated carbocycles. The molecule has 6 N–H and O–H groups in total. The monoisotopic (exact) mass is 615 g/mol. The Bertz CT molecular complexity index is 1390. The van der Waals surface area contributed by atoms with Crippen molar-refractivity contribution in [2.45, 2.75) is 37.9 Å². The number of rotatable bonds is 12. The molecule has 0 spiro atoms. The molecule has 1 heterocycles. The van der Waals surface area contributed by atoms with Gasteiger partial charge in [-0.1, -0.05) is 56.3 Å². The largest absolute Gasteiger partial charge is 0.294 e. The zero-order valence-electron chi connectivity index (χ0n) is 23.2. The highest BCUT2D eigenvalue weighted by molar-refractivity contribution is 7.92. The molecule has 0 radical (unpaired) electrons. The number of nitrogens with zero attached hydrogens (tertiary/aromatic N) is 2. The van der Waals surface area contributed by atoms with E-state index in [1.807, 2.05) is 5.43 Å². The van der Waals surface area contributed by atoms with Gasteiger partial charge in [0.05, 0.1) is 18.1 Å². The highest BCUT2D eigenvalue weighted by atomic mass is 32.2.